The number of nitrogens with one attached hydrogen (secondary N) is 1. The number of carbonyl (C=O) groups is 2. The summed E-state index contributed by atoms with van der Waals surface area (Å²) in [5, 5.41) is 7.63. The Morgan fingerprint density at radius 1 is 0.688 bits per heavy atom. The molecule has 154 valence electrons. The van der Waals surface area contributed by atoms with E-state index < -0.39 is 0 Å². The van der Waals surface area contributed by atoms with E-state index in [-0.39, 0.29) is 11.7 Å². The summed E-state index contributed by atoms with van der Waals surface area (Å²) >= 11 is 1.38. The molecule has 0 saturated heterocycles. The van der Waals surface area contributed by atoms with Crippen molar-refractivity contribution < 1.29 is 9.59 Å². The number of benzene rings is 4. The van der Waals surface area contributed by atoms with Crippen molar-refractivity contribution >= 4 is 38.9 Å². The van der Waals surface area contributed by atoms with E-state index in [1.165, 1.54) is 16.7 Å². The number of ketones is 1. The zero-order valence-corrected chi connectivity index (χ0v) is 17.8. The van der Waals surface area contributed by atoms with E-state index in [1.807, 2.05) is 41.8 Å². The number of nitrogens with zero attached hydrogens (tertiary/aromatic N) is 1. The van der Waals surface area contributed by atoms with Crippen LogP contribution >= 0.6 is 11.3 Å². The minimum Gasteiger partial charge on any atom is -0.298 e. The molecule has 0 aliphatic carbocycles. The molecule has 32 heavy (non-hydrogen) atoms. The summed E-state index contributed by atoms with van der Waals surface area (Å²) in [7, 11) is 0. The van der Waals surface area contributed by atoms with Crippen LogP contribution < -0.4 is 5.32 Å². The van der Waals surface area contributed by atoms with E-state index in [9.17, 15) is 9.59 Å². The van der Waals surface area contributed by atoms with Crippen molar-refractivity contribution in [3.8, 4) is 11.3 Å². The van der Waals surface area contributed by atoms with Gasteiger partial charge in [0, 0.05) is 27.6 Å². The summed E-state index contributed by atoms with van der Waals surface area (Å²) in [6, 6.07) is 30.1. The smallest absolute Gasteiger partial charge is 0.257 e. The molecule has 1 heterocycles. The molecule has 0 atom stereocenters. The molecule has 5 heteroatoms. The van der Waals surface area contributed by atoms with Gasteiger partial charge in [-0.1, -0.05) is 78.9 Å². The maximum Gasteiger partial charge on any atom is 0.257 e. The van der Waals surface area contributed by atoms with Gasteiger partial charge in [0.2, 0.25) is 0 Å². The number of rotatable bonds is 5. The summed E-state index contributed by atoms with van der Waals surface area (Å²) in [5.41, 5.74) is 3.45. The van der Waals surface area contributed by atoms with Crippen LogP contribution in [-0.4, -0.2) is 16.7 Å². The first-order chi connectivity index (χ1) is 15.7. The van der Waals surface area contributed by atoms with Crippen LogP contribution in [0.3, 0.4) is 0 Å². The van der Waals surface area contributed by atoms with Gasteiger partial charge in [0.15, 0.2) is 10.9 Å². The molecule has 0 saturated carbocycles. The van der Waals surface area contributed by atoms with Crippen molar-refractivity contribution in [1.82, 2.24) is 4.98 Å². The monoisotopic (exact) mass is 434 g/mol. The molecule has 0 bridgehead atoms. The molecule has 5 aromatic rings. The zero-order chi connectivity index (χ0) is 21.9. The van der Waals surface area contributed by atoms with Crippen LogP contribution in [0.25, 0.3) is 22.0 Å². The highest BCUT2D eigenvalue weighted by Crippen LogP contribution is 2.28. The third-order valence-electron chi connectivity index (χ3n) is 5.22. The second kappa shape index (κ2) is 8.57. The topological polar surface area (TPSA) is 59.1 Å². The second-order valence-electron chi connectivity index (χ2n) is 7.33. The standard InChI is InChI=1S/C27H18N2O2S/c30-25(19-7-2-1-3-8-19)20-11-13-21(14-12-20)26(31)29-27-28-24(17-32-27)23-15-10-18-6-4-5-9-22(18)16-23/h1-17H,(H,28,29,31). The Kier molecular flexibility index (Phi) is 5.32. The van der Waals surface area contributed by atoms with Crippen molar-refractivity contribution in [3.63, 3.8) is 0 Å². The Balaban J connectivity index is 1.30. The summed E-state index contributed by atoms with van der Waals surface area (Å²) in [6.45, 7) is 0. The van der Waals surface area contributed by atoms with Gasteiger partial charge in [-0.05, 0) is 29.0 Å². The van der Waals surface area contributed by atoms with Crippen LogP contribution in [0.5, 0.6) is 0 Å². The number of fused-ring (bicyclic) bond motifs is 1. The Labute approximate surface area is 189 Å². The average molecular weight is 435 g/mol. The van der Waals surface area contributed by atoms with Gasteiger partial charge >= 0.3 is 0 Å². The lowest BCUT2D eigenvalue weighted by Gasteiger charge is -2.04. The van der Waals surface area contributed by atoms with E-state index in [4.69, 9.17) is 0 Å². The van der Waals surface area contributed by atoms with Gasteiger partial charge in [-0.15, -0.1) is 11.3 Å². The van der Waals surface area contributed by atoms with Gasteiger partial charge in [0.05, 0.1) is 5.69 Å². The van der Waals surface area contributed by atoms with Gasteiger partial charge in [0.25, 0.3) is 5.91 Å². The molecule has 1 aromatic heterocycles. The normalized spacial score (nSPS) is 10.8. The molecule has 1 N–H and O–H groups in total. The van der Waals surface area contributed by atoms with Crippen LogP contribution in [0.2, 0.25) is 0 Å². The number of amides is 1. The lowest BCUT2D eigenvalue weighted by atomic mass is 10.0. The van der Waals surface area contributed by atoms with Gasteiger partial charge in [0.1, 0.15) is 0 Å². The Bertz CT molecular complexity index is 1420. The Morgan fingerprint density at radius 2 is 1.34 bits per heavy atom. The quantitative estimate of drug-likeness (QED) is 0.324. The SMILES string of the molecule is O=C(Nc1nc(-c2ccc3ccccc3c2)cs1)c1ccc(C(=O)c2ccccc2)cc1. The first kappa shape index (κ1) is 19.8. The summed E-state index contributed by atoms with van der Waals surface area (Å²) in [5.74, 6) is -0.333. The molecular formula is C27H18N2O2S. The van der Waals surface area contributed by atoms with E-state index in [0.29, 0.717) is 21.8 Å². The van der Waals surface area contributed by atoms with Gasteiger partial charge in [-0.2, -0.15) is 0 Å². The van der Waals surface area contributed by atoms with E-state index in [2.05, 4.69) is 34.6 Å². The molecule has 4 nitrogen and oxygen atoms in total. The fraction of sp³-hybridized carbons (Fsp3) is 0. The molecule has 0 fully saturated rings. The number of hydrogen-bond donors (Lipinski definition) is 1. The number of aromatic nitrogens is 1. The lowest BCUT2D eigenvalue weighted by molar-refractivity contribution is 0.102. The largest absolute Gasteiger partial charge is 0.298 e. The van der Waals surface area contributed by atoms with Gasteiger partial charge < -0.3 is 0 Å². The Hall–Kier alpha value is -4.09. The first-order valence-corrected chi connectivity index (χ1v) is 11.0. The van der Waals surface area contributed by atoms with Crippen molar-refractivity contribution in [3.05, 3.63) is 119 Å². The zero-order valence-electron chi connectivity index (χ0n) is 17.0. The highest BCUT2D eigenvalue weighted by atomic mass is 32.1. The minimum absolute atomic E-state index is 0.0718. The molecule has 0 unspecified atom stereocenters. The minimum atomic E-state index is -0.261. The number of carbonyl (C=O) groups excluding carboxylic acids is 2. The predicted molar refractivity (Wildman–Crippen MR) is 129 cm³/mol. The van der Waals surface area contributed by atoms with Crippen molar-refractivity contribution in [1.29, 1.82) is 0 Å². The first-order valence-electron chi connectivity index (χ1n) is 10.1. The maximum atomic E-state index is 12.7. The van der Waals surface area contributed by atoms with E-state index in [1.54, 1.807) is 36.4 Å². The summed E-state index contributed by atoms with van der Waals surface area (Å²) < 4.78 is 0. The Morgan fingerprint density at radius 3 is 2.12 bits per heavy atom. The fourth-order valence-corrected chi connectivity index (χ4v) is 4.23. The van der Waals surface area contributed by atoms with Crippen molar-refractivity contribution in [2.45, 2.75) is 0 Å². The summed E-state index contributed by atoms with van der Waals surface area (Å²) in [4.78, 5) is 29.8. The highest BCUT2D eigenvalue weighted by Gasteiger charge is 2.13. The molecular weight excluding hydrogens is 416 g/mol. The van der Waals surface area contributed by atoms with E-state index in [0.717, 1.165) is 16.6 Å². The van der Waals surface area contributed by atoms with Gasteiger partial charge in [-0.3, -0.25) is 14.9 Å². The third-order valence-corrected chi connectivity index (χ3v) is 5.97. The van der Waals surface area contributed by atoms with Crippen LogP contribution in [0.4, 0.5) is 5.13 Å². The van der Waals surface area contributed by atoms with Crippen LogP contribution in [0.15, 0.2) is 102 Å². The van der Waals surface area contributed by atoms with Crippen molar-refractivity contribution in [2.75, 3.05) is 5.32 Å². The van der Waals surface area contributed by atoms with Crippen LogP contribution in [0.1, 0.15) is 26.3 Å². The number of thiazole rings is 1. The van der Waals surface area contributed by atoms with E-state index >= 15 is 0 Å². The lowest BCUT2D eigenvalue weighted by Crippen LogP contribution is -2.12. The van der Waals surface area contributed by atoms with Crippen LogP contribution in [0, 0.1) is 0 Å². The number of hydrogen-bond acceptors (Lipinski definition) is 4. The molecule has 0 aliphatic rings. The average Bonchev–Trinajstić information content (AvgIpc) is 3.32. The van der Waals surface area contributed by atoms with Crippen LogP contribution in [-0.2, 0) is 0 Å². The highest BCUT2D eigenvalue weighted by molar-refractivity contribution is 7.14. The number of anilines is 1. The molecule has 0 radical (unpaired) electrons. The molecule has 0 aliphatic heterocycles. The maximum absolute atomic E-state index is 12.7. The molecule has 0 spiro atoms. The van der Waals surface area contributed by atoms with Crippen molar-refractivity contribution in [2.24, 2.45) is 0 Å². The molecule has 5 rings (SSSR count). The predicted octanol–water partition coefficient (Wildman–Crippen LogP) is 6.45. The third kappa shape index (κ3) is 4.06. The molecule has 4 aromatic carbocycles. The second-order valence-corrected chi connectivity index (χ2v) is 8.18. The molecule has 1 amide bonds. The fourth-order valence-electron chi connectivity index (χ4n) is 3.51. The summed E-state index contributed by atoms with van der Waals surface area (Å²) in [6.07, 6.45) is 0. The van der Waals surface area contributed by atoms with Gasteiger partial charge in [-0.25, -0.2) is 4.98 Å².